The van der Waals surface area contributed by atoms with Crippen LogP contribution in [0.5, 0.6) is 5.75 Å². The number of esters is 1. The molecule has 0 bridgehead atoms. The van der Waals surface area contributed by atoms with Gasteiger partial charge in [0.05, 0.1) is 30.0 Å². The summed E-state index contributed by atoms with van der Waals surface area (Å²) in [4.78, 5) is 12.0. The van der Waals surface area contributed by atoms with E-state index in [1.54, 1.807) is 39.0 Å². The van der Waals surface area contributed by atoms with Crippen molar-refractivity contribution in [3.8, 4) is 5.75 Å². The number of carbonyl (C=O) groups is 1. The van der Waals surface area contributed by atoms with Gasteiger partial charge in [0.2, 0.25) is 0 Å². The molecule has 2 rings (SSSR count). The normalized spacial score (nSPS) is 11.2. The van der Waals surface area contributed by atoms with Gasteiger partial charge in [0, 0.05) is 6.54 Å². The fraction of sp³-hybridized carbons (Fsp3) is 0.316. The first kappa shape index (κ1) is 22.3. The highest BCUT2D eigenvalue weighted by atomic mass is 35.5. The molecule has 2 aromatic carbocycles. The van der Waals surface area contributed by atoms with E-state index in [1.165, 1.54) is 23.5 Å². The number of hydrogen-bond acceptors (Lipinski definition) is 5. The van der Waals surface area contributed by atoms with Gasteiger partial charge in [-0.15, -0.1) is 0 Å². The summed E-state index contributed by atoms with van der Waals surface area (Å²) >= 11 is 12.4. The summed E-state index contributed by atoms with van der Waals surface area (Å²) in [5, 5.41) is -0.114. The number of rotatable bonds is 7. The monoisotopic (exact) mass is 445 g/mol. The van der Waals surface area contributed by atoms with E-state index in [-0.39, 0.29) is 33.8 Å². The molecule has 0 N–H and O–H groups in total. The van der Waals surface area contributed by atoms with Crippen LogP contribution in [0.4, 0.5) is 5.69 Å². The lowest BCUT2D eigenvalue weighted by molar-refractivity contribution is 0.0525. The first-order chi connectivity index (χ1) is 13.2. The maximum absolute atomic E-state index is 13.3. The smallest absolute Gasteiger partial charge is 0.338 e. The second-order valence-electron chi connectivity index (χ2n) is 5.73. The maximum atomic E-state index is 13.3. The van der Waals surface area contributed by atoms with Crippen molar-refractivity contribution in [1.29, 1.82) is 0 Å². The fourth-order valence-electron chi connectivity index (χ4n) is 2.78. The van der Waals surface area contributed by atoms with Crippen LogP contribution in [-0.4, -0.2) is 34.6 Å². The minimum atomic E-state index is -4.05. The second kappa shape index (κ2) is 9.03. The number of halogens is 2. The number of nitrogens with zero attached hydrogens (tertiary/aromatic N) is 1. The molecule has 0 spiro atoms. The Hall–Kier alpha value is -1.96. The number of hydrogen-bond donors (Lipinski definition) is 0. The maximum Gasteiger partial charge on any atom is 0.338 e. The Morgan fingerprint density at radius 3 is 2.36 bits per heavy atom. The molecular formula is C19H21Cl2NO5S. The molecule has 0 unspecified atom stereocenters. The van der Waals surface area contributed by atoms with Gasteiger partial charge in [-0.3, -0.25) is 4.31 Å². The summed E-state index contributed by atoms with van der Waals surface area (Å²) in [5.74, 6) is -0.241. The van der Waals surface area contributed by atoms with Crippen LogP contribution < -0.4 is 9.04 Å². The quantitative estimate of drug-likeness (QED) is 0.577. The molecule has 0 aliphatic carbocycles. The van der Waals surface area contributed by atoms with Crippen LogP contribution in [0.2, 0.25) is 10.0 Å². The third kappa shape index (κ3) is 4.06. The number of ether oxygens (including phenoxy) is 2. The zero-order valence-corrected chi connectivity index (χ0v) is 18.3. The predicted octanol–water partition coefficient (Wildman–Crippen LogP) is 4.70. The molecule has 0 fully saturated rings. The Labute approximate surface area is 175 Å². The van der Waals surface area contributed by atoms with Crippen molar-refractivity contribution in [3.05, 3.63) is 51.5 Å². The Morgan fingerprint density at radius 1 is 1.11 bits per heavy atom. The van der Waals surface area contributed by atoms with E-state index in [9.17, 15) is 13.2 Å². The van der Waals surface area contributed by atoms with Crippen molar-refractivity contribution >= 4 is 44.9 Å². The van der Waals surface area contributed by atoms with Crippen molar-refractivity contribution in [1.82, 2.24) is 0 Å². The van der Waals surface area contributed by atoms with Crippen LogP contribution in [0.15, 0.2) is 35.2 Å². The summed E-state index contributed by atoms with van der Waals surface area (Å²) in [6.45, 7) is 5.40. The zero-order valence-electron chi connectivity index (χ0n) is 16.0. The number of anilines is 1. The molecular weight excluding hydrogens is 425 g/mol. The Balaban J connectivity index is 2.61. The Bertz CT molecular complexity index is 992. The molecule has 2 aromatic rings. The highest BCUT2D eigenvalue weighted by Gasteiger charge is 2.30. The third-order valence-electron chi connectivity index (χ3n) is 4.16. The average Bonchev–Trinajstić information content (AvgIpc) is 2.65. The van der Waals surface area contributed by atoms with Crippen LogP contribution >= 0.6 is 23.2 Å². The molecule has 0 aromatic heterocycles. The topological polar surface area (TPSA) is 72.9 Å². The predicted molar refractivity (Wildman–Crippen MR) is 110 cm³/mol. The van der Waals surface area contributed by atoms with E-state index in [4.69, 9.17) is 32.7 Å². The SMILES string of the molecule is CCOC(=O)c1cccc(N(CC)S(=O)(=O)c2ccc(OC)c(Cl)c2Cl)c1C. The van der Waals surface area contributed by atoms with Crippen LogP contribution in [0.3, 0.4) is 0 Å². The summed E-state index contributed by atoms with van der Waals surface area (Å²) in [6.07, 6.45) is 0. The van der Waals surface area contributed by atoms with E-state index in [0.717, 1.165) is 0 Å². The van der Waals surface area contributed by atoms with Crippen molar-refractivity contribution in [2.45, 2.75) is 25.7 Å². The molecule has 0 saturated carbocycles. The molecule has 0 aliphatic heterocycles. The van der Waals surface area contributed by atoms with E-state index >= 15 is 0 Å². The van der Waals surface area contributed by atoms with Gasteiger partial charge < -0.3 is 9.47 Å². The van der Waals surface area contributed by atoms with Crippen LogP contribution in [-0.2, 0) is 14.8 Å². The lowest BCUT2D eigenvalue weighted by Gasteiger charge is -2.26. The van der Waals surface area contributed by atoms with Gasteiger partial charge in [0.15, 0.2) is 0 Å². The zero-order chi connectivity index (χ0) is 21.1. The molecule has 9 heteroatoms. The highest BCUT2D eigenvalue weighted by molar-refractivity contribution is 7.93. The average molecular weight is 446 g/mol. The molecule has 0 amide bonds. The minimum Gasteiger partial charge on any atom is -0.495 e. The Morgan fingerprint density at radius 2 is 1.79 bits per heavy atom. The molecule has 152 valence electrons. The molecule has 0 heterocycles. The summed E-state index contributed by atoms with van der Waals surface area (Å²) in [5.41, 5.74) is 1.14. The number of carbonyl (C=O) groups excluding carboxylic acids is 1. The van der Waals surface area contributed by atoms with Gasteiger partial charge >= 0.3 is 5.97 Å². The first-order valence-electron chi connectivity index (χ1n) is 8.52. The fourth-order valence-corrected chi connectivity index (χ4v) is 5.13. The van der Waals surface area contributed by atoms with Crippen molar-refractivity contribution in [2.75, 3.05) is 24.6 Å². The van der Waals surface area contributed by atoms with E-state index < -0.39 is 16.0 Å². The summed E-state index contributed by atoms with van der Waals surface area (Å²) < 4.78 is 37.9. The van der Waals surface area contributed by atoms with Crippen molar-refractivity contribution < 1.29 is 22.7 Å². The molecule has 0 radical (unpaired) electrons. The van der Waals surface area contributed by atoms with Gasteiger partial charge in [-0.25, -0.2) is 13.2 Å². The minimum absolute atomic E-state index is 0.0123. The second-order valence-corrected chi connectivity index (χ2v) is 8.32. The van der Waals surface area contributed by atoms with Crippen LogP contribution in [0.25, 0.3) is 0 Å². The molecule has 0 atom stereocenters. The van der Waals surface area contributed by atoms with E-state index in [2.05, 4.69) is 0 Å². The standard InChI is InChI=1S/C19H21Cl2NO5S/c1-5-22(14-9-7-8-13(12(14)3)19(23)27-6-2)28(24,25)16-11-10-15(26-4)17(20)18(16)21/h7-11H,5-6H2,1-4H3. The third-order valence-corrected chi connectivity index (χ3v) is 7.06. The summed E-state index contributed by atoms with van der Waals surface area (Å²) in [7, 11) is -2.64. The molecule has 28 heavy (non-hydrogen) atoms. The van der Waals surface area contributed by atoms with Gasteiger partial charge in [0.25, 0.3) is 10.0 Å². The molecule has 0 aliphatic rings. The van der Waals surface area contributed by atoms with Gasteiger partial charge in [-0.2, -0.15) is 0 Å². The lowest BCUT2D eigenvalue weighted by atomic mass is 10.1. The van der Waals surface area contributed by atoms with Gasteiger partial charge in [0.1, 0.15) is 15.7 Å². The largest absolute Gasteiger partial charge is 0.495 e. The van der Waals surface area contributed by atoms with Gasteiger partial charge in [-0.1, -0.05) is 29.3 Å². The van der Waals surface area contributed by atoms with E-state index in [1.807, 2.05) is 0 Å². The lowest BCUT2D eigenvalue weighted by Crippen LogP contribution is -2.32. The Kier molecular flexibility index (Phi) is 7.20. The molecule has 0 saturated heterocycles. The summed E-state index contributed by atoms with van der Waals surface area (Å²) in [6, 6.07) is 7.61. The van der Waals surface area contributed by atoms with E-state index in [0.29, 0.717) is 16.8 Å². The molecule has 6 nitrogen and oxygen atoms in total. The van der Waals surface area contributed by atoms with Crippen molar-refractivity contribution in [2.24, 2.45) is 0 Å². The highest BCUT2D eigenvalue weighted by Crippen LogP contribution is 2.39. The number of benzene rings is 2. The first-order valence-corrected chi connectivity index (χ1v) is 10.7. The number of methoxy groups -OCH3 is 1. The van der Waals surface area contributed by atoms with Crippen LogP contribution in [0, 0.1) is 6.92 Å². The van der Waals surface area contributed by atoms with Crippen LogP contribution in [0.1, 0.15) is 29.8 Å². The van der Waals surface area contributed by atoms with Crippen molar-refractivity contribution in [3.63, 3.8) is 0 Å². The van der Waals surface area contributed by atoms with Gasteiger partial charge in [-0.05, 0) is 50.6 Å². The number of sulfonamides is 1.